The number of nitrogens with zero attached hydrogens (tertiary/aromatic N) is 2. The SMILES string of the molecule is CC(C)Oc1cc(-n2c(=O)c(Cl)c(C(F)(F)F)n(C)c2=O)c(F)cc1Cl. The summed E-state index contributed by atoms with van der Waals surface area (Å²) in [4.78, 5) is 24.6. The van der Waals surface area contributed by atoms with E-state index in [9.17, 15) is 27.2 Å². The highest BCUT2D eigenvalue weighted by Gasteiger charge is 2.39. The Morgan fingerprint density at radius 1 is 1.15 bits per heavy atom. The first-order valence-electron chi connectivity index (χ1n) is 7.11. The second-order valence-electron chi connectivity index (χ2n) is 5.54. The van der Waals surface area contributed by atoms with Crippen LogP contribution < -0.4 is 16.0 Å². The highest BCUT2D eigenvalue weighted by molar-refractivity contribution is 6.32. The van der Waals surface area contributed by atoms with Gasteiger partial charge >= 0.3 is 11.9 Å². The summed E-state index contributed by atoms with van der Waals surface area (Å²) in [5.74, 6) is -1.16. The molecule has 0 fully saturated rings. The third kappa shape index (κ3) is 3.59. The van der Waals surface area contributed by atoms with Gasteiger partial charge in [0.05, 0.1) is 16.8 Å². The molecule has 142 valence electrons. The van der Waals surface area contributed by atoms with Crippen LogP contribution in [0.1, 0.15) is 19.5 Å². The Balaban J connectivity index is 2.87. The molecule has 5 nitrogen and oxygen atoms in total. The maximum atomic E-state index is 14.3. The molecule has 1 aromatic heterocycles. The molecule has 0 saturated heterocycles. The van der Waals surface area contributed by atoms with Gasteiger partial charge in [0.1, 0.15) is 16.6 Å². The molecule has 1 aromatic carbocycles. The topological polar surface area (TPSA) is 53.2 Å². The minimum Gasteiger partial charge on any atom is -0.489 e. The van der Waals surface area contributed by atoms with Gasteiger partial charge < -0.3 is 4.74 Å². The van der Waals surface area contributed by atoms with Crippen molar-refractivity contribution in [3.8, 4) is 11.4 Å². The van der Waals surface area contributed by atoms with Gasteiger partial charge in [-0.1, -0.05) is 23.2 Å². The maximum Gasteiger partial charge on any atom is 0.433 e. The third-order valence-electron chi connectivity index (χ3n) is 3.29. The predicted molar refractivity (Wildman–Crippen MR) is 88.0 cm³/mol. The molecular formula is C15H12Cl2F4N2O3. The van der Waals surface area contributed by atoms with Gasteiger partial charge in [-0.2, -0.15) is 13.2 Å². The molecule has 0 spiro atoms. The first-order valence-corrected chi connectivity index (χ1v) is 7.86. The summed E-state index contributed by atoms with van der Waals surface area (Å²) in [5, 5.41) is -1.40. The molecule has 0 atom stereocenters. The van der Waals surface area contributed by atoms with Crippen molar-refractivity contribution in [1.82, 2.24) is 9.13 Å². The number of rotatable bonds is 3. The Morgan fingerprint density at radius 2 is 1.73 bits per heavy atom. The maximum absolute atomic E-state index is 14.3. The average Bonchev–Trinajstić information content (AvgIpc) is 2.48. The van der Waals surface area contributed by atoms with E-state index < -0.39 is 39.6 Å². The van der Waals surface area contributed by atoms with Crippen molar-refractivity contribution in [2.24, 2.45) is 7.05 Å². The van der Waals surface area contributed by atoms with Crippen molar-refractivity contribution >= 4 is 23.2 Å². The Kier molecular flexibility index (Phi) is 5.44. The number of halogens is 6. The highest BCUT2D eigenvalue weighted by atomic mass is 35.5. The van der Waals surface area contributed by atoms with Gasteiger partial charge in [0, 0.05) is 13.1 Å². The predicted octanol–water partition coefficient (Wildman–Crippen LogP) is 3.79. The lowest BCUT2D eigenvalue weighted by Crippen LogP contribution is -2.42. The molecule has 26 heavy (non-hydrogen) atoms. The fourth-order valence-corrected chi connectivity index (χ4v) is 2.75. The normalized spacial score (nSPS) is 11.9. The molecule has 1 heterocycles. The van der Waals surface area contributed by atoms with Gasteiger partial charge in [0.15, 0.2) is 5.69 Å². The van der Waals surface area contributed by atoms with E-state index in [0.717, 1.165) is 19.2 Å². The Labute approximate surface area is 154 Å². The van der Waals surface area contributed by atoms with Crippen LogP contribution in [-0.2, 0) is 13.2 Å². The second kappa shape index (κ2) is 6.96. The molecule has 0 radical (unpaired) electrons. The van der Waals surface area contributed by atoms with Gasteiger partial charge in [-0.05, 0) is 19.9 Å². The largest absolute Gasteiger partial charge is 0.489 e. The molecule has 2 rings (SSSR count). The zero-order valence-corrected chi connectivity index (χ0v) is 15.1. The molecule has 0 aliphatic carbocycles. The Hall–Kier alpha value is -2.00. The number of ether oxygens (including phenoxy) is 1. The molecule has 0 unspecified atom stereocenters. The van der Waals surface area contributed by atoms with E-state index in [0.29, 0.717) is 0 Å². The van der Waals surface area contributed by atoms with Gasteiger partial charge in [-0.15, -0.1) is 0 Å². The summed E-state index contributed by atoms with van der Waals surface area (Å²) in [7, 11) is 0.770. The summed E-state index contributed by atoms with van der Waals surface area (Å²) in [6, 6.07) is 1.73. The zero-order valence-electron chi connectivity index (χ0n) is 13.6. The van der Waals surface area contributed by atoms with Crippen LogP contribution in [0.3, 0.4) is 0 Å². The number of hydrogen-bond donors (Lipinski definition) is 0. The fraction of sp³-hybridized carbons (Fsp3) is 0.333. The number of benzene rings is 1. The fourth-order valence-electron chi connectivity index (χ4n) is 2.24. The standard InChI is InChI=1S/C15H12Cl2F4N2O3/c1-6(2)26-10-5-9(8(18)4-7(10)16)23-13(24)11(17)12(15(19,20)21)22(3)14(23)25/h4-6H,1-3H3. The van der Waals surface area contributed by atoms with E-state index in [2.05, 4.69) is 0 Å². The molecule has 11 heteroatoms. The molecule has 0 saturated carbocycles. The lowest BCUT2D eigenvalue weighted by Gasteiger charge is -2.17. The van der Waals surface area contributed by atoms with E-state index in [1.165, 1.54) is 0 Å². The van der Waals surface area contributed by atoms with E-state index in [1.807, 2.05) is 0 Å². The summed E-state index contributed by atoms with van der Waals surface area (Å²) >= 11 is 11.4. The quantitative estimate of drug-likeness (QED) is 0.718. The first-order chi connectivity index (χ1) is 11.9. The van der Waals surface area contributed by atoms with Crippen LogP contribution in [0.2, 0.25) is 10.0 Å². The summed E-state index contributed by atoms with van der Waals surface area (Å²) in [6.45, 7) is 3.30. The monoisotopic (exact) mass is 414 g/mol. The van der Waals surface area contributed by atoms with Crippen LogP contribution >= 0.6 is 23.2 Å². The lowest BCUT2D eigenvalue weighted by molar-refractivity contribution is -0.143. The average molecular weight is 415 g/mol. The molecule has 2 aromatic rings. The van der Waals surface area contributed by atoms with Crippen molar-refractivity contribution in [1.29, 1.82) is 0 Å². The number of aromatic nitrogens is 2. The van der Waals surface area contributed by atoms with Crippen LogP contribution in [0.25, 0.3) is 5.69 Å². The molecule has 0 aliphatic rings. The van der Waals surface area contributed by atoms with Crippen LogP contribution in [0.4, 0.5) is 17.6 Å². The van der Waals surface area contributed by atoms with Crippen molar-refractivity contribution in [2.45, 2.75) is 26.1 Å². The van der Waals surface area contributed by atoms with E-state index >= 15 is 0 Å². The minimum atomic E-state index is -5.05. The summed E-state index contributed by atoms with van der Waals surface area (Å²) in [6.07, 6.45) is -5.42. The van der Waals surface area contributed by atoms with E-state index in [-0.39, 0.29) is 26.0 Å². The number of alkyl halides is 3. The summed E-state index contributed by atoms with van der Waals surface area (Å²) in [5.41, 5.74) is -5.20. The van der Waals surface area contributed by atoms with Crippen molar-refractivity contribution < 1.29 is 22.3 Å². The molecule has 0 amide bonds. The molecule has 0 aliphatic heterocycles. The van der Waals surface area contributed by atoms with Crippen LogP contribution in [0.5, 0.6) is 5.75 Å². The molecule has 0 N–H and O–H groups in total. The third-order valence-corrected chi connectivity index (χ3v) is 3.92. The highest BCUT2D eigenvalue weighted by Crippen LogP contribution is 2.33. The van der Waals surface area contributed by atoms with Crippen molar-refractivity contribution in [3.05, 3.63) is 54.5 Å². The van der Waals surface area contributed by atoms with Crippen molar-refractivity contribution in [2.75, 3.05) is 0 Å². The van der Waals surface area contributed by atoms with Crippen LogP contribution in [0.15, 0.2) is 21.7 Å². The van der Waals surface area contributed by atoms with Crippen molar-refractivity contribution in [3.63, 3.8) is 0 Å². The second-order valence-corrected chi connectivity index (χ2v) is 6.33. The minimum absolute atomic E-state index is 0.0527. The van der Waals surface area contributed by atoms with Gasteiger partial charge in [-0.25, -0.2) is 13.8 Å². The van der Waals surface area contributed by atoms with Gasteiger partial charge in [0.2, 0.25) is 0 Å². The van der Waals surface area contributed by atoms with Crippen LogP contribution in [0, 0.1) is 5.82 Å². The Morgan fingerprint density at radius 3 is 2.23 bits per heavy atom. The smallest absolute Gasteiger partial charge is 0.433 e. The van der Waals surface area contributed by atoms with E-state index in [1.54, 1.807) is 13.8 Å². The Bertz CT molecular complexity index is 944. The lowest BCUT2D eigenvalue weighted by atomic mass is 10.2. The van der Waals surface area contributed by atoms with E-state index in [4.69, 9.17) is 27.9 Å². The number of hydrogen-bond acceptors (Lipinski definition) is 3. The zero-order chi connectivity index (χ0) is 20.0. The molecule has 0 bridgehead atoms. The summed E-state index contributed by atoms with van der Waals surface area (Å²) < 4.78 is 59.1. The first kappa shape index (κ1) is 20.3. The van der Waals surface area contributed by atoms with Gasteiger partial charge in [-0.3, -0.25) is 9.36 Å². The van der Waals surface area contributed by atoms with Crippen LogP contribution in [-0.4, -0.2) is 15.2 Å². The molecular weight excluding hydrogens is 403 g/mol. The van der Waals surface area contributed by atoms with Gasteiger partial charge in [0.25, 0.3) is 5.56 Å².